The van der Waals surface area contributed by atoms with Crippen LogP contribution in [0.1, 0.15) is 42.0 Å². The molecule has 7 heteroatoms. The van der Waals surface area contributed by atoms with E-state index in [1.165, 1.54) is 22.3 Å². The van der Waals surface area contributed by atoms with Crippen LogP contribution in [-0.2, 0) is 46.5 Å². The molecule has 0 aliphatic heterocycles. The van der Waals surface area contributed by atoms with E-state index < -0.39 is 18.2 Å². The van der Waals surface area contributed by atoms with Crippen LogP contribution in [0.2, 0.25) is 0 Å². The topological polar surface area (TPSA) is 82.5 Å². The quantitative estimate of drug-likeness (QED) is 0.776. The molecular weight excluding hydrogens is 358 g/mol. The molecule has 0 bridgehead atoms. The van der Waals surface area contributed by atoms with Gasteiger partial charge in [-0.15, -0.1) is 0 Å². The van der Waals surface area contributed by atoms with Gasteiger partial charge in [-0.2, -0.15) is 0 Å². The van der Waals surface area contributed by atoms with Crippen LogP contribution in [-0.4, -0.2) is 34.3 Å². The molecule has 0 saturated carbocycles. The minimum Gasteiger partial charge on any atom is -0.463 e. The first-order valence-corrected chi connectivity index (χ1v) is 9.92. The fraction of sp³-hybridized carbons (Fsp3) is 0.476. The van der Waals surface area contributed by atoms with Gasteiger partial charge < -0.3 is 14.0 Å². The summed E-state index contributed by atoms with van der Waals surface area (Å²) < 4.78 is 12.2. The Hall–Kier alpha value is -2.83. The van der Waals surface area contributed by atoms with Crippen LogP contribution in [0.3, 0.4) is 0 Å². The fourth-order valence-corrected chi connectivity index (χ4v) is 4.21. The Morgan fingerprint density at radius 2 is 1.89 bits per heavy atom. The van der Waals surface area contributed by atoms with E-state index in [-0.39, 0.29) is 13.2 Å². The Balaban J connectivity index is 1.52. The monoisotopic (exact) mass is 383 g/mol. The van der Waals surface area contributed by atoms with Gasteiger partial charge in [0.1, 0.15) is 0 Å². The van der Waals surface area contributed by atoms with E-state index in [4.69, 9.17) is 9.47 Å². The molecule has 28 heavy (non-hydrogen) atoms. The Morgan fingerprint density at radius 1 is 1.18 bits per heavy atom. The second-order valence-electron chi connectivity index (χ2n) is 7.26. The van der Waals surface area contributed by atoms with Gasteiger partial charge >= 0.3 is 12.1 Å². The maximum absolute atomic E-state index is 12.7. The molecule has 1 N–H and O–H groups in total. The predicted octanol–water partition coefficient (Wildman–Crippen LogP) is 3.04. The molecule has 0 fully saturated rings. The van der Waals surface area contributed by atoms with Crippen LogP contribution in [0.4, 0.5) is 10.5 Å². The van der Waals surface area contributed by atoms with Crippen LogP contribution < -0.4 is 5.32 Å². The SMILES string of the molecule is CCOC(=O)[C@@H](Cn1ccnc1)OC(=O)Nc1c2c(cc3c1CCC3)CCC2. The summed E-state index contributed by atoms with van der Waals surface area (Å²) in [7, 11) is 0. The molecule has 7 nitrogen and oxygen atoms in total. The largest absolute Gasteiger partial charge is 0.463 e. The number of carbonyl (C=O) groups excluding carboxylic acids is 2. The number of benzene rings is 1. The molecule has 0 spiro atoms. The number of nitrogens with zero attached hydrogens (tertiary/aromatic N) is 2. The van der Waals surface area contributed by atoms with Crippen molar-refractivity contribution >= 4 is 17.7 Å². The maximum Gasteiger partial charge on any atom is 0.412 e. The number of rotatable bonds is 6. The Labute approximate surface area is 164 Å². The molecule has 2 aromatic rings. The first-order valence-electron chi connectivity index (χ1n) is 9.92. The van der Waals surface area contributed by atoms with Gasteiger partial charge in [0.15, 0.2) is 0 Å². The van der Waals surface area contributed by atoms with E-state index in [2.05, 4.69) is 16.4 Å². The lowest BCUT2D eigenvalue weighted by atomic mass is 9.99. The highest BCUT2D eigenvalue weighted by Crippen LogP contribution is 2.38. The Morgan fingerprint density at radius 3 is 2.50 bits per heavy atom. The van der Waals surface area contributed by atoms with Gasteiger partial charge in [0.25, 0.3) is 0 Å². The lowest BCUT2D eigenvalue weighted by molar-refractivity contribution is -0.153. The molecule has 4 rings (SSSR count). The molecule has 0 radical (unpaired) electrons. The van der Waals surface area contributed by atoms with Crippen molar-refractivity contribution in [3.63, 3.8) is 0 Å². The van der Waals surface area contributed by atoms with Gasteiger partial charge in [-0.1, -0.05) is 6.07 Å². The van der Waals surface area contributed by atoms with Crippen LogP contribution in [0.25, 0.3) is 0 Å². The molecule has 2 aliphatic carbocycles. The third-order valence-corrected chi connectivity index (χ3v) is 5.43. The number of hydrogen-bond donors (Lipinski definition) is 1. The maximum atomic E-state index is 12.7. The summed E-state index contributed by atoms with van der Waals surface area (Å²) in [6.07, 6.45) is 9.50. The Kier molecular flexibility index (Phi) is 5.32. The molecule has 2 aliphatic rings. The summed E-state index contributed by atoms with van der Waals surface area (Å²) in [4.78, 5) is 28.9. The van der Waals surface area contributed by atoms with E-state index in [9.17, 15) is 9.59 Å². The van der Waals surface area contributed by atoms with Crippen molar-refractivity contribution in [1.82, 2.24) is 9.55 Å². The standard InChI is InChI=1S/C21H25N3O4/c1-2-27-20(25)18(12-24-10-9-22-13-24)28-21(26)23-19-16-7-3-5-14(16)11-15-6-4-8-17(15)19/h9-11,13,18H,2-8,12H2,1H3,(H,23,26)/t18-/m1/s1. The second kappa shape index (κ2) is 8.04. The van der Waals surface area contributed by atoms with E-state index in [0.717, 1.165) is 44.2 Å². The third-order valence-electron chi connectivity index (χ3n) is 5.43. The summed E-state index contributed by atoms with van der Waals surface area (Å²) >= 11 is 0. The number of anilines is 1. The van der Waals surface area contributed by atoms with Crippen LogP contribution in [0.15, 0.2) is 24.8 Å². The number of fused-ring (bicyclic) bond motifs is 2. The highest BCUT2D eigenvalue weighted by molar-refractivity contribution is 5.90. The predicted molar refractivity (Wildman–Crippen MR) is 103 cm³/mol. The number of carbonyl (C=O) groups is 2. The Bertz CT molecular complexity index is 844. The van der Waals surface area contributed by atoms with Crippen molar-refractivity contribution in [2.24, 2.45) is 0 Å². The summed E-state index contributed by atoms with van der Waals surface area (Å²) in [5.41, 5.74) is 6.00. The lowest BCUT2D eigenvalue weighted by Gasteiger charge is -2.19. The van der Waals surface area contributed by atoms with Crippen molar-refractivity contribution in [3.05, 3.63) is 47.0 Å². The fourth-order valence-electron chi connectivity index (χ4n) is 4.21. The summed E-state index contributed by atoms with van der Waals surface area (Å²) in [5, 5.41) is 2.96. The van der Waals surface area contributed by atoms with Gasteiger partial charge in [0.2, 0.25) is 6.10 Å². The number of amides is 1. The van der Waals surface area contributed by atoms with E-state index in [1.54, 1.807) is 30.2 Å². The van der Waals surface area contributed by atoms with Crippen molar-refractivity contribution in [3.8, 4) is 0 Å². The molecule has 0 saturated heterocycles. The van der Waals surface area contributed by atoms with Crippen molar-refractivity contribution in [1.29, 1.82) is 0 Å². The molecular formula is C21H25N3O4. The number of nitrogens with one attached hydrogen (secondary N) is 1. The van der Waals surface area contributed by atoms with Gasteiger partial charge in [-0.3, -0.25) is 5.32 Å². The van der Waals surface area contributed by atoms with Crippen molar-refractivity contribution in [2.45, 2.75) is 58.1 Å². The zero-order valence-electron chi connectivity index (χ0n) is 16.1. The average molecular weight is 383 g/mol. The first-order chi connectivity index (χ1) is 13.7. The normalized spacial score (nSPS) is 15.6. The summed E-state index contributed by atoms with van der Waals surface area (Å²) in [5.74, 6) is -0.560. The van der Waals surface area contributed by atoms with Gasteiger partial charge in [-0.05, 0) is 67.7 Å². The van der Waals surface area contributed by atoms with E-state index >= 15 is 0 Å². The number of ether oxygens (including phenoxy) is 2. The molecule has 148 valence electrons. The molecule has 1 atom stereocenters. The van der Waals surface area contributed by atoms with Crippen LogP contribution in [0.5, 0.6) is 0 Å². The van der Waals surface area contributed by atoms with Gasteiger partial charge in [0.05, 0.1) is 25.2 Å². The molecule has 1 aromatic heterocycles. The highest BCUT2D eigenvalue weighted by atomic mass is 16.6. The third kappa shape index (κ3) is 3.74. The number of aryl methyl sites for hydroxylation is 2. The molecule has 1 heterocycles. The summed E-state index contributed by atoms with van der Waals surface area (Å²) in [6.45, 7) is 2.12. The number of imidazole rings is 1. The van der Waals surface area contributed by atoms with Gasteiger partial charge in [-0.25, -0.2) is 14.6 Å². The zero-order chi connectivity index (χ0) is 19.5. The smallest absolute Gasteiger partial charge is 0.412 e. The first kappa shape index (κ1) is 18.5. The lowest BCUT2D eigenvalue weighted by Crippen LogP contribution is -2.34. The van der Waals surface area contributed by atoms with Crippen LogP contribution >= 0.6 is 0 Å². The van der Waals surface area contributed by atoms with Gasteiger partial charge in [0, 0.05) is 12.4 Å². The van der Waals surface area contributed by atoms with Crippen molar-refractivity contribution in [2.75, 3.05) is 11.9 Å². The number of hydrogen-bond acceptors (Lipinski definition) is 5. The number of aromatic nitrogens is 2. The zero-order valence-corrected chi connectivity index (χ0v) is 16.1. The second-order valence-corrected chi connectivity index (χ2v) is 7.26. The van der Waals surface area contributed by atoms with E-state index in [0.29, 0.717) is 0 Å². The summed E-state index contributed by atoms with van der Waals surface area (Å²) in [6, 6.07) is 2.31. The van der Waals surface area contributed by atoms with E-state index in [1.807, 2.05) is 0 Å². The molecule has 1 amide bonds. The van der Waals surface area contributed by atoms with Crippen molar-refractivity contribution < 1.29 is 19.1 Å². The highest BCUT2D eigenvalue weighted by Gasteiger charge is 2.28. The minimum atomic E-state index is -1.03. The molecule has 1 aromatic carbocycles. The minimum absolute atomic E-state index is 0.164. The molecule has 0 unspecified atom stereocenters. The van der Waals surface area contributed by atoms with Crippen LogP contribution in [0, 0.1) is 0 Å². The average Bonchev–Trinajstić information content (AvgIpc) is 3.42. The number of esters is 1.